The third-order valence-corrected chi connectivity index (χ3v) is 6.89. The Morgan fingerprint density at radius 1 is 0.912 bits per heavy atom. The number of fused-ring (bicyclic) bond motifs is 1. The van der Waals surface area contributed by atoms with Crippen LogP contribution in [0.3, 0.4) is 0 Å². The Morgan fingerprint density at radius 2 is 1.41 bits per heavy atom. The second-order valence-electron chi connectivity index (χ2n) is 8.15. The fourth-order valence-electron chi connectivity index (χ4n) is 3.47. The van der Waals surface area contributed by atoms with Crippen molar-refractivity contribution in [2.24, 2.45) is 5.92 Å². The predicted molar refractivity (Wildman–Crippen MR) is 131 cm³/mol. The van der Waals surface area contributed by atoms with E-state index in [1.54, 1.807) is 26.0 Å². The van der Waals surface area contributed by atoms with Crippen LogP contribution in [0, 0.1) is 12.8 Å². The molecule has 34 heavy (non-hydrogen) atoms. The summed E-state index contributed by atoms with van der Waals surface area (Å²) in [6, 6.07) is 5.73. The largest absolute Gasteiger partial charge is 0.454 e. The molecule has 0 saturated carbocycles. The van der Waals surface area contributed by atoms with E-state index in [-0.39, 0.29) is 43.6 Å². The Kier molecular flexibility index (Phi) is 8.14. The van der Waals surface area contributed by atoms with Crippen molar-refractivity contribution in [3.05, 3.63) is 61.0 Å². The van der Waals surface area contributed by atoms with Crippen molar-refractivity contribution in [2.75, 3.05) is 11.9 Å². The summed E-state index contributed by atoms with van der Waals surface area (Å²) in [5.41, 5.74) is 1.09. The molecule has 1 heterocycles. The number of hydrogen-bond acceptors (Lipinski definition) is 5. The molecule has 7 nitrogen and oxygen atoms in total. The second kappa shape index (κ2) is 10.5. The summed E-state index contributed by atoms with van der Waals surface area (Å²) >= 11 is 24.4. The number of amides is 3. The maximum Gasteiger partial charge on any atom is 0.329 e. The van der Waals surface area contributed by atoms with Gasteiger partial charge < -0.3 is 10.1 Å². The van der Waals surface area contributed by atoms with Crippen LogP contribution in [0.4, 0.5) is 5.69 Å². The smallest absolute Gasteiger partial charge is 0.329 e. The zero-order chi connectivity index (χ0) is 25.3. The zero-order valence-corrected chi connectivity index (χ0v) is 21.4. The molecule has 1 N–H and O–H groups in total. The minimum Gasteiger partial charge on any atom is -0.454 e. The lowest BCUT2D eigenvalue weighted by atomic mass is 10.0. The highest BCUT2D eigenvalue weighted by Gasteiger charge is 2.47. The van der Waals surface area contributed by atoms with Crippen molar-refractivity contribution in [3.63, 3.8) is 0 Å². The number of halogens is 4. The zero-order valence-electron chi connectivity index (χ0n) is 18.4. The maximum absolute atomic E-state index is 13.2. The highest BCUT2D eigenvalue weighted by molar-refractivity contribution is 6.55. The van der Waals surface area contributed by atoms with Gasteiger partial charge in [0.2, 0.25) is 0 Å². The van der Waals surface area contributed by atoms with Crippen molar-refractivity contribution < 1.29 is 23.9 Å². The van der Waals surface area contributed by atoms with Gasteiger partial charge in [-0.2, -0.15) is 0 Å². The fraction of sp³-hybridized carbons (Fsp3) is 0.304. The first kappa shape index (κ1) is 26.3. The number of nitrogens with one attached hydrogen (secondary N) is 1. The normalized spacial score (nSPS) is 13.8. The molecule has 0 bridgehead atoms. The number of aryl methyl sites for hydroxylation is 1. The summed E-state index contributed by atoms with van der Waals surface area (Å²) in [6.07, 6.45) is 0.0839. The predicted octanol–water partition coefficient (Wildman–Crippen LogP) is 5.80. The van der Waals surface area contributed by atoms with Gasteiger partial charge in [-0.15, -0.1) is 0 Å². The van der Waals surface area contributed by atoms with E-state index in [9.17, 15) is 19.2 Å². The van der Waals surface area contributed by atoms with Gasteiger partial charge in [0.1, 0.15) is 6.04 Å². The molecular weight excluding hydrogens is 526 g/mol. The van der Waals surface area contributed by atoms with Gasteiger partial charge in [-0.1, -0.05) is 77.9 Å². The van der Waals surface area contributed by atoms with Gasteiger partial charge in [0, 0.05) is 5.69 Å². The Labute approximate surface area is 216 Å². The van der Waals surface area contributed by atoms with Crippen molar-refractivity contribution in [2.45, 2.75) is 33.2 Å². The Balaban J connectivity index is 1.82. The van der Waals surface area contributed by atoms with Crippen LogP contribution in [0.1, 0.15) is 46.5 Å². The summed E-state index contributed by atoms with van der Waals surface area (Å²) < 4.78 is 5.16. The van der Waals surface area contributed by atoms with Crippen LogP contribution < -0.4 is 5.32 Å². The third-order valence-electron chi connectivity index (χ3n) is 5.09. The standard InChI is InChI=1S/C23H20Cl4N2O5/c1-10(2)8-13(23(33)34-9-14(30)28-12-6-4-11(3)5-7-12)29-21(31)15-16(22(29)32)18(25)20(27)19(26)17(15)24/h4-7,10,13H,8-9H2,1-3H3,(H,28,30)/t13-/m1/s1. The number of rotatable bonds is 7. The number of carbonyl (C=O) groups excluding carboxylic acids is 4. The monoisotopic (exact) mass is 544 g/mol. The van der Waals surface area contributed by atoms with Gasteiger partial charge >= 0.3 is 5.97 Å². The molecule has 0 radical (unpaired) electrons. The lowest BCUT2D eigenvalue weighted by Crippen LogP contribution is -2.47. The van der Waals surface area contributed by atoms with Crippen LogP contribution in [0.5, 0.6) is 0 Å². The van der Waals surface area contributed by atoms with Crippen LogP contribution in [0.2, 0.25) is 20.1 Å². The molecule has 3 rings (SSSR count). The molecule has 1 aliphatic heterocycles. The molecule has 11 heteroatoms. The van der Waals surface area contributed by atoms with Crippen molar-refractivity contribution in [1.29, 1.82) is 0 Å². The fourth-order valence-corrected chi connectivity index (χ4v) is 4.48. The van der Waals surface area contributed by atoms with Gasteiger partial charge in [-0.3, -0.25) is 19.3 Å². The average Bonchev–Trinajstić information content (AvgIpc) is 3.04. The van der Waals surface area contributed by atoms with Crippen LogP contribution in [-0.2, 0) is 14.3 Å². The molecule has 1 atom stereocenters. The molecular formula is C23H20Cl4N2O5. The molecule has 0 aromatic heterocycles. The van der Waals surface area contributed by atoms with E-state index in [0.29, 0.717) is 5.69 Å². The van der Waals surface area contributed by atoms with Gasteiger partial charge in [0.15, 0.2) is 6.61 Å². The first-order valence-electron chi connectivity index (χ1n) is 10.2. The number of esters is 1. The molecule has 0 unspecified atom stereocenters. The number of imide groups is 1. The van der Waals surface area contributed by atoms with Crippen molar-refractivity contribution >= 4 is 75.8 Å². The van der Waals surface area contributed by atoms with Gasteiger partial charge in [-0.05, 0) is 31.4 Å². The highest BCUT2D eigenvalue weighted by atomic mass is 35.5. The van der Waals surface area contributed by atoms with Gasteiger partial charge in [-0.25, -0.2) is 4.79 Å². The maximum atomic E-state index is 13.2. The van der Waals surface area contributed by atoms with Crippen LogP contribution in [0.25, 0.3) is 0 Å². The number of benzene rings is 2. The van der Waals surface area contributed by atoms with Crippen LogP contribution in [0.15, 0.2) is 24.3 Å². The molecule has 0 aliphatic carbocycles. The lowest BCUT2D eigenvalue weighted by molar-refractivity contribution is -0.151. The number of ether oxygens (including phenoxy) is 1. The van der Waals surface area contributed by atoms with E-state index in [1.807, 2.05) is 19.1 Å². The molecule has 0 fully saturated rings. The topological polar surface area (TPSA) is 92.8 Å². The summed E-state index contributed by atoms with van der Waals surface area (Å²) in [7, 11) is 0. The van der Waals surface area contributed by atoms with Crippen LogP contribution in [-0.4, -0.2) is 41.2 Å². The summed E-state index contributed by atoms with van der Waals surface area (Å²) in [5, 5.41) is 1.78. The summed E-state index contributed by atoms with van der Waals surface area (Å²) in [6.45, 7) is 4.90. The number of carbonyl (C=O) groups is 4. The van der Waals surface area contributed by atoms with E-state index in [2.05, 4.69) is 5.32 Å². The van der Waals surface area contributed by atoms with E-state index < -0.39 is 36.3 Å². The molecule has 0 saturated heterocycles. The Hall–Kier alpha value is -2.32. The molecule has 1 aliphatic rings. The first-order chi connectivity index (χ1) is 15.9. The number of nitrogens with zero attached hydrogens (tertiary/aromatic N) is 1. The third kappa shape index (κ3) is 5.18. The average molecular weight is 546 g/mol. The minimum absolute atomic E-state index is 0.0839. The summed E-state index contributed by atoms with van der Waals surface area (Å²) in [4.78, 5) is 52.2. The van der Waals surface area contributed by atoms with Crippen molar-refractivity contribution in [1.82, 2.24) is 4.90 Å². The molecule has 2 aromatic rings. The van der Waals surface area contributed by atoms with E-state index in [1.165, 1.54) is 0 Å². The van der Waals surface area contributed by atoms with Crippen LogP contribution >= 0.6 is 46.4 Å². The first-order valence-corrected chi connectivity index (χ1v) is 11.7. The molecule has 3 amide bonds. The quantitative estimate of drug-likeness (QED) is 0.205. The lowest BCUT2D eigenvalue weighted by Gasteiger charge is -2.26. The molecule has 0 spiro atoms. The Morgan fingerprint density at radius 3 is 1.88 bits per heavy atom. The van der Waals surface area contributed by atoms with E-state index in [4.69, 9.17) is 51.1 Å². The van der Waals surface area contributed by atoms with E-state index >= 15 is 0 Å². The minimum atomic E-state index is -1.32. The van der Waals surface area contributed by atoms with E-state index in [0.717, 1.165) is 10.5 Å². The van der Waals surface area contributed by atoms with Gasteiger partial charge in [0.05, 0.1) is 31.2 Å². The molecule has 180 valence electrons. The van der Waals surface area contributed by atoms with Gasteiger partial charge in [0.25, 0.3) is 17.7 Å². The highest BCUT2D eigenvalue weighted by Crippen LogP contribution is 2.45. The number of hydrogen-bond donors (Lipinski definition) is 1. The summed E-state index contributed by atoms with van der Waals surface area (Å²) in [5.74, 6) is -3.31. The SMILES string of the molecule is Cc1ccc(NC(=O)COC(=O)[C@@H](CC(C)C)N2C(=O)c3c(Cl)c(Cl)c(Cl)c(Cl)c3C2=O)cc1. The molecule has 2 aromatic carbocycles. The van der Waals surface area contributed by atoms with Crippen molar-refractivity contribution in [3.8, 4) is 0 Å². The number of anilines is 1. The second-order valence-corrected chi connectivity index (χ2v) is 9.67. The Bertz CT molecular complexity index is 1130.